The molecule has 3 heterocycles. The number of sulfonamides is 1. The highest BCUT2D eigenvalue weighted by molar-refractivity contribution is 7.89. The van der Waals surface area contributed by atoms with Crippen molar-refractivity contribution in [2.45, 2.75) is 51.1 Å². The minimum absolute atomic E-state index is 0.0892. The number of piperidine rings is 1. The Morgan fingerprint density at radius 2 is 2.07 bits per heavy atom. The van der Waals surface area contributed by atoms with Crippen molar-refractivity contribution in [3.63, 3.8) is 0 Å². The van der Waals surface area contributed by atoms with Gasteiger partial charge in [0, 0.05) is 31.9 Å². The predicted molar refractivity (Wildman–Crippen MR) is 102 cm³/mol. The van der Waals surface area contributed by atoms with Crippen LogP contribution < -0.4 is 15.2 Å². The molecule has 2 aromatic heterocycles. The molecule has 0 radical (unpaired) electrons. The molecule has 0 spiro atoms. The molecule has 1 saturated heterocycles. The molecule has 10 heteroatoms. The van der Waals surface area contributed by atoms with E-state index in [-0.39, 0.29) is 10.5 Å². The van der Waals surface area contributed by atoms with E-state index in [1.165, 1.54) is 18.5 Å². The highest BCUT2D eigenvalue weighted by Gasteiger charge is 2.23. The molecule has 1 atom stereocenters. The van der Waals surface area contributed by atoms with E-state index in [4.69, 9.17) is 0 Å². The first-order chi connectivity index (χ1) is 12.8. The van der Waals surface area contributed by atoms with Gasteiger partial charge in [0.2, 0.25) is 16.0 Å². The van der Waals surface area contributed by atoms with E-state index in [1.807, 2.05) is 11.8 Å². The lowest BCUT2D eigenvalue weighted by molar-refractivity contribution is 0.433. The molecule has 0 aromatic carbocycles. The number of hydrogen-bond donors (Lipinski definition) is 2. The molecule has 148 valence electrons. The van der Waals surface area contributed by atoms with Crippen LogP contribution in [-0.4, -0.2) is 41.3 Å². The molecular weight excluding hydrogens is 368 g/mol. The second-order valence-electron chi connectivity index (χ2n) is 7.04. The molecule has 0 aliphatic carbocycles. The SMILES string of the molecule is CCn1cc(S(=O)(=O)NC(C)c2cc(=O)[nH]c(N3CCC(C)CC3)n2)cn1. The third-order valence-electron chi connectivity index (χ3n) is 4.85. The van der Waals surface area contributed by atoms with Crippen molar-refractivity contribution in [3.05, 3.63) is 34.5 Å². The highest BCUT2D eigenvalue weighted by Crippen LogP contribution is 2.21. The quantitative estimate of drug-likeness (QED) is 0.763. The van der Waals surface area contributed by atoms with E-state index in [0.29, 0.717) is 24.1 Å². The Bertz CT molecular complexity index is 944. The van der Waals surface area contributed by atoms with Crippen molar-refractivity contribution < 1.29 is 8.42 Å². The Labute approximate surface area is 158 Å². The average Bonchev–Trinajstić information content (AvgIpc) is 3.11. The maximum Gasteiger partial charge on any atom is 0.252 e. The topological polar surface area (TPSA) is 113 Å². The van der Waals surface area contributed by atoms with Gasteiger partial charge in [-0.2, -0.15) is 5.10 Å². The molecule has 2 aromatic rings. The van der Waals surface area contributed by atoms with Gasteiger partial charge >= 0.3 is 0 Å². The normalized spacial score (nSPS) is 17.2. The lowest BCUT2D eigenvalue weighted by atomic mass is 10.00. The fourth-order valence-corrected chi connectivity index (χ4v) is 4.24. The zero-order valence-corrected chi connectivity index (χ0v) is 16.7. The first kappa shape index (κ1) is 19.6. The Balaban J connectivity index is 1.80. The van der Waals surface area contributed by atoms with Crippen LogP contribution in [-0.2, 0) is 16.6 Å². The Kier molecular flexibility index (Phi) is 5.66. The largest absolute Gasteiger partial charge is 0.342 e. The molecular formula is C17H26N6O3S. The third kappa shape index (κ3) is 4.56. The molecule has 1 fully saturated rings. The van der Waals surface area contributed by atoms with E-state index in [0.717, 1.165) is 25.9 Å². The number of aromatic nitrogens is 4. The lowest BCUT2D eigenvalue weighted by Gasteiger charge is -2.31. The predicted octanol–water partition coefficient (Wildman–Crippen LogP) is 1.26. The van der Waals surface area contributed by atoms with Crippen molar-refractivity contribution in [3.8, 4) is 0 Å². The van der Waals surface area contributed by atoms with Crippen LogP contribution in [0, 0.1) is 5.92 Å². The van der Waals surface area contributed by atoms with Gasteiger partial charge in [0.25, 0.3) is 5.56 Å². The Hall–Kier alpha value is -2.20. The first-order valence-corrected chi connectivity index (χ1v) is 10.7. The van der Waals surface area contributed by atoms with Crippen LogP contribution in [0.15, 0.2) is 28.2 Å². The number of rotatable bonds is 6. The number of hydrogen-bond acceptors (Lipinski definition) is 6. The maximum absolute atomic E-state index is 12.6. The molecule has 9 nitrogen and oxygen atoms in total. The smallest absolute Gasteiger partial charge is 0.252 e. The van der Waals surface area contributed by atoms with Gasteiger partial charge < -0.3 is 4.90 Å². The van der Waals surface area contributed by atoms with E-state index in [1.54, 1.807) is 11.6 Å². The second kappa shape index (κ2) is 7.81. The molecule has 2 N–H and O–H groups in total. The molecule has 0 saturated carbocycles. The average molecular weight is 395 g/mol. The van der Waals surface area contributed by atoms with Crippen molar-refractivity contribution >= 4 is 16.0 Å². The van der Waals surface area contributed by atoms with Crippen LogP contribution in [0.3, 0.4) is 0 Å². The second-order valence-corrected chi connectivity index (χ2v) is 8.75. The fraction of sp³-hybridized carbons (Fsp3) is 0.588. The summed E-state index contributed by atoms with van der Waals surface area (Å²) in [5.74, 6) is 1.15. The van der Waals surface area contributed by atoms with Crippen LogP contribution in [0.5, 0.6) is 0 Å². The first-order valence-electron chi connectivity index (χ1n) is 9.19. The van der Waals surface area contributed by atoms with Gasteiger partial charge in [-0.25, -0.2) is 18.1 Å². The van der Waals surface area contributed by atoms with Crippen molar-refractivity contribution in [2.75, 3.05) is 18.0 Å². The number of H-pyrrole nitrogens is 1. The summed E-state index contributed by atoms with van der Waals surface area (Å²) in [5.41, 5.74) is 0.0947. The standard InChI is InChI=1S/C17H26N6O3S/c1-4-23-11-14(10-18-23)27(25,26)21-13(3)15-9-16(24)20-17(19-15)22-7-5-12(2)6-8-22/h9-13,21H,4-8H2,1-3H3,(H,19,20,24). The van der Waals surface area contributed by atoms with Gasteiger partial charge in [0.05, 0.1) is 17.9 Å². The monoisotopic (exact) mass is 394 g/mol. The number of nitrogens with zero attached hydrogens (tertiary/aromatic N) is 4. The molecule has 0 bridgehead atoms. The van der Waals surface area contributed by atoms with Gasteiger partial charge in [-0.15, -0.1) is 0 Å². The number of anilines is 1. The summed E-state index contributed by atoms with van der Waals surface area (Å²) in [6, 6.07) is 0.684. The maximum atomic E-state index is 12.6. The summed E-state index contributed by atoms with van der Waals surface area (Å²) in [4.78, 5) is 21.5. The minimum atomic E-state index is -3.75. The fourth-order valence-electron chi connectivity index (χ4n) is 3.07. The zero-order valence-electron chi connectivity index (χ0n) is 15.8. The summed E-state index contributed by atoms with van der Waals surface area (Å²) in [6.07, 6.45) is 4.86. The van der Waals surface area contributed by atoms with Gasteiger partial charge in [-0.1, -0.05) is 6.92 Å². The summed E-state index contributed by atoms with van der Waals surface area (Å²) in [5, 5.41) is 4.00. The van der Waals surface area contributed by atoms with E-state index in [9.17, 15) is 13.2 Å². The van der Waals surface area contributed by atoms with Gasteiger partial charge in [0.15, 0.2) is 0 Å². The highest BCUT2D eigenvalue weighted by atomic mass is 32.2. The number of aryl methyl sites for hydroxylation is 1. The van der Waals surface area contributed by atoms with Crippen LogP contribution in [0.4, 0.5) is 5.95 Å². The number of aromatic amines is 1. The molecule has 1 aliphatic rings. The summed E-state index contributed by atoms with van der Waals surface area (Å²) in [6.45, 7) is 7.99. The van der Waals surface area contributed by atoms with E-state index in [2.05, 4.69) is 26.7 Å². The van der Waals surface area contributed by atoms with Crippen molar-refractivity contribution in [2.24, 2.45) is 5.92 Å². The van der Waals surface area contributed by atoms with Crippen LogP contribution in [0.1, 0.15) is 45.3 Å². The molecule has 1 aliphatic heterocycles. The van der Waals surface area contributed by atoms with E-state index >= 15 is 0 Å². The van der Waals surface area contributed by atoms with Crippen LogP contribution in [0.2, 0.25) is 0 Å². The van der Waals surface area contributed by atoms with Gasteiger partial charge in [0.1, 0.15) is 4.90 Å². The third-order valence-corrected chi connectivity index (χ3v) is 6.35. The number of nitrogens with one attached hydrogen (secondary N) is 2. The summed E-state index contributed by atoms with van der Waals surface area (Å²) in [7, 11) is -3.75. The van der Waals surface area contributed by atoms with Crippen molar-refractivity contribution in [1.29, 1.82) is 0 Å². The molecule has 27 heavy (non-hydrogen) atoms. The zero-order chi connectivity index (χ0) is 19.6. The van der Waals surface area contributed by atoms with E-state index < -0.39 is 16.1 Å². The van der Waals surface area contributed by atoms with Gasteiger partial charge in [-0.05, 0) is 32.6 Å². The molecule has 0 amide bonds. The van der Waals surface area contributed by atoms with Gasteiger partial charge in [-0.3, -0.25) is 14.5 Å². The van der Waals surface area contributed by atoms with Crippen LogP contribution >= 0.6 is 0 Å². The summed E-state index contributed by atoms with van der Waals surface area (Å²) >= 11 is 0. The van der Waals surface area contributed by atoms with Crippen molar-refractivity contribution in [1.82, 2.24) is 24.5 Å². The summed E-state index contributed by atoms with van der Waals surface area (Å²) < 4.78 is 29.2. The Morgan fingerprint density at radius 3 is 2.70 bits per heavy atom. The molecule has 3 rings (SSSR count). The van der Waals surface area contributed by atoms with Crippen LogP contribution in [0.25, 0.3) is 0 Å². The minimum Gasteiger partial charge on any atom is -0.342 e. The Morgan fingerprint density at radius 1 is 1.37 bits per heavy atom. The molecule has 1 unspecified atom stereocenters. The lowest BCUT2D eigenvalue weighted by Crippen LogP contribution is -2.36.